The number of carbonyl (C=O) groups is 1. The maximum Gasteiger partial charge on any atom is 0.250 e. The normalized spacial score (nSPS) is 18.3. The molecule has 96 valence electrons. The molecule has 1 aliphatic heterocycles. The lowest BCUT2D eigenvalue weighted by molar-refractivity contribution is -0.114. The molecule has 1 aromatic carbocycles. The van der Waals surface area contributed by atoms with E-state index in [4.69, 9.17) is 4.74 Å². The van der Waals surface area contributed by atoms with E-state index in [1.165, 1.54) is 11.6 Å². The van der Waals surface area contributed by atoms with Gasteiger partial charge in [-0.05, 0) is 36.5 Å². The standard InChI is InChI=1S/C15H19NO2/c1-3-15(17)16-10-8-12(9-11-18-2)13-6-4-5-7-14(13)16/h3-7,12H,1,8-11H2,2H3. The molecule has 0 saturated carbocycles. The molecule has 2 rings (SSSR count). The molecule has 0 aromatic heterocycles. The van der Waals surface area contributed by atoms with Crippen LogP contribution < -0.4 is 4.90 Å². The number of hydrogen-bond acceptors (Lipinski definition) is 2. The Labute approximate surface area is 108 Å². The lowest BCUT2D eigenvalue weighted by Gasteiger charge is -2.33. The van der Waals surface area contributed by atoms with E-state index in [1.54, 1.807) is 7.11 Å². The minimum Gasteiger partial charge on any atom is -0.385 e. The fourth-order valence-corrected chi connectivity index (χ4v) is 2.54. The highest BCUT2D eigenvalue weighted by molar-refractivity contribution is 6.02. The number of anilines is 1. The molecule has 0 bridgehead atoms. The second-order valence-electron chi connectivity index (χ2n) is 4.52. The molecule has 3 heteroatoms. The van der Waals surface area contributed by atoms with Crippen LogP contribution in [0.4, 0.5) is 5.69 Å². The summed E-state index contributed by atoms with van der Waals surface area (Å²) in [6, 6.07) is 8.12. The number of amides is 1. The number of benzene rings is 1. The molecule has 18 heavy (non-hydrogen) atoms. The van der Waals surface area contributed by atoms with Crippen molar-refractivity contribution in [3.05, 3.63) is 42.5 Å². The second-order valence-corrected chi connectivity index (χ2v) is 4.52. The zero-order valence-electron chi connectivity index (χ0n) is 10.8. The van der Waals surface area contributed by atoms with Gasteiger partial charge in [0.2, 0.25) is 5.91 Å². The summed E-state index contributed by atoms with van der Waals surface area (Å²) >= 11 is 0. The van der Waals surface area contributed by atoms with Gasteiger partial charge >= 0.3 is 0 Å². The largest absolute Gasteiger partial charge is 0.385 e. The van der Waals surface area contributed by atoms with E-state index in [1.807, 2.05) is 23.1 Å². The van der Waals surface area contributed by atoms with Crippen molar-refractivity contribution in [3.63, 3.8) is 0 Å². The summed E-state index contributed by atoms with van der Waals surface area (Å²) in [5, 5.41) is 0. The number of hydrogen-bond donors (Lipinski definition) is 0. The minimum absolute atomic E-state index is 0.0207. The van der Waals surface area contributed by atoms with Crippen LogP contribution in [0.5, 0.6) is 0 Å². The molecule has 1 aliphatic rings. The van der Waals surface area contributed by atoms with Crippen LogP contribution in [0.25, 0.3) is 0 Å². The van der Waals surface area contributed by atoms with Crippen LogP contribution in [0.3, 0.4) is 0 Å². The van der Waals surface area contributed by atoms with Crippen LogP contribution in [0.2, 0.25) is 0 Å². The Bertz CT molecular complexity index is 442. The van der Waals surface area contributed by atoms with Crippen molar-refractivity contribution in [2.24, 2.45) is 0 Å². The molecule has 1 atom stereocenters. The molecule has 1 aromatic rings. The van der Waals surface area contributed by atoms with Crippen LogP contribution in [0.15, 0.2) is 36.9 Å². The molecule has 0 radical (unpaired) electrons. The maximum absolute atomic E-state index is 11.8. The summed E-state index contributed by atoms with van der Waals surface area (Å²) in [7, 11) is 1.72. The number of para-hydroxylation sites is 1. The Balaban J connectivity index is 2.28. The van der Waals surface area contributed by atoms with Gasteiger partial charge in [0.1, 0.15) is 0 Å². The topological polar surface area (TPSA) is 29.5 Å². The van der Waals surface area contributed by atoms with E-state index in [-0.39, 0.29) is 5.91 Å². The van der Waals surface area contributed by atoms with Gasteiger partial charge in [-0.1, -0.05) is 24.8 Å². The fraction of sp³-hybridized carbons (Fsp3) is 0.400. The molecular formula is C15H19NO2. The Hall–Kier alpha value is -1.61. The van der Waals surface area contributed by atoms with E-state index in [2.05, 4.69) is 12.6 Å². The van der Waals surface area contributed by atoms with Crippen LogP contribution in [-0.4, -0.2) is 26.2 Å². The number of rotatable bonds is 4. The Morgan fingerprint density at radius 3 is 3.06 bits per heavy atom. The highest BCUT2D eigenvalue weighted by Crippen LogP contribution is 2.37. The van der Waals surface area contributed by atoms with E-state index in [9.17, 15) is 4.79 Å². The fourth-order valence-electron chi connectivity index (χ4n) is 2.54. The van der Waals surface area contributed by atoms with Crippen LogP contribution >= 0.6 is 0 Å². The molecule has 0 saturated heterocycles. The average Bonchev–Trinajstić information content (AvgIpc) is 2.43. The maximum atomic E-state index is 11.8. The SMILES string of the molecule is C=CC(=O)N1CCC(CCOC)c2ccccc21. The van der Waals surface area contributed by atoms with Crippen molar-refractivity contribution < 1.29 is 9.53 Å². The van der Waals surface area contributed by atoms with Crippen LogP contribution in [0.1, 0.15) is 24.3 Å². The number of carbonyl (C=O) groups excluding carboxylic acids is 1. The Morgan fingerprint density at radius 1 is 1.56 bits per heavy atom. The Kier molecular flexibility index (Phi) is 4.15. The van der Waals surface area contributed by atoms with E-state index in [0.717, 1.165) is 31.7 Å². The van der Waals surface area contributed by atoms with E-state index >= 15 is 0 Å². The first-order valence-corrected chi connectivity index (χ1v) is 6.29. The predicted molar refractivity (Wildman–Crippen MR) is 72.8 cm³/mol. The summed E-state index contributed by atoms with van der Waals surface area (Å²) in [4.78, 5) is 13.6. The van der Waals surface area contributed by atoms with Crippen LogP contribution in [0, 0.1) is 0 Å². The first-order chi connectivity index (χ1) is 8.77. The quantitative estimate of drug-likeness (QED) is 0.763. The summed E-state index contributed by atoms with van der Waals surface area (Å²) in [6.45, 7) is 5.08. The van der Waals surface area contributed by atoms with Gasteiger partial charge in [-0.2, -0.15) is 0 Å². The molecule has 1 unspecified atom stereocenters. The number of ether oxygens (including phenoxy) is 1. The van der Waals surface area contributed by atoms with Crippen molar-refractivity contribution in [2.75, 3.05) is 25.2 Å². The zero-order valence-corrected chi connectivity index (χ0v) is 10.8. The molecule has 0 spiro atoms. The smallest absolute Gasteiger partial charge is 0.250 e. The van der Waals surface area contributed by atoms with Crippen LogP contribution in [-0.2, 0) is 9.53 Å². The summed E-state index contributed by atoms with van der Waals surface area (Å²) in [5.74, 6) is 0.461. The molecule has 0 fully saturated rings. The molecule has 1 amide bonds. The lowest BCUT2D eigenvalue weighted by Crippen LogP contribution is -2.35. The summed E-state index contributed by atoms with van der Waals surface area (Å²) < 4.78 is 5.16. The van der Waals surface area contributed by atoms with Gasteiger partial charge in [-0.15, -0.1) is 0 Å². The third-order valence-electron chi connectivity index (χ3n) is 3.48. The van der Waals surface area contributed by atoms with Gasteiger partial charge in [-0.3, -0.25) is 4.79 Å². The van der Waals surface area contributed by atoms with Gasteiger partial charge in [0.25, 0.3) is 0 Å². The minimum atomic E-state index is -0.0207. The number of nitrogens with zero attached hydrogens (tertiary/aromatic N) is 1. The third kappa shape index (κ3) is 2.46. The number of methoxy groups -OCH3 is 1. The monoisotopic (exact) mass is 245 g/mol. The van der Waals surface area contributed by atoms with Crippen molar-refractivity contribution in [1.82, 2.24) is 0 Å². The number of fused-ring (bicyclic) bond motifs is 1. The van der Waals surface area contributed by atoms with E-state index < -0.39 is 0 Å². The molecule has 3 nitrogen and oxygen atoms in total. The van der Waals surface area contributed by atoms with Crippen molar-refractivity contribution in [1.29, 1.82) is 0 Å². The van der Waals surface area contributed by atoms with Gasteiger partial charge in [0.15, 0.2) is 0 Å². The molecule has 0 N–H and O–H groups in total. The Morgan fingerprint density at radius 2 is 2.33 bits per heavy atom. The van der Waals surface area contributed by atoms with Crippen molar-refractivity contribution >= 4 is 11.6 Å². The predicted octanol–water partition coefficient (Wildman–Crippen LogP) is 2.73. The van der Waals surface area contributed by atoms with Gasteiger partial charge in [-0.25, -0.2) is 0 Å². The van der Waals surface area contributed by atoms with E-state index in [0.29, 0.717) is 5.92 Å². The third-order valence-corrected chi connectivity index (χ3v) is 3.48. The molecule has 1 heterocycles. The van der Waals surface area contributed by atoms with Gasteiger partial charge in [0, 0.05) is 25.9 Å². The highest BCUT2D eigenvalue weighted by Gasteiger charge is 2.26. The van der Waals surface area contributed by atoms with Crippen molar-refractivity contribution in [2.45, 2.75) is 18.8 Å². The zero-order chi connectivity index (χ0) is 13.0. The first-order valence-electron chi connectivity index (χ1n) is 6.29. The molecular weight excluding hydrogens is 226 g/mol. The summed E-state index contributed by atoms with van der Waals surface area (Å²) in [6.07, 6.45) is 3.37. The van der Waals surface area contributed by atoms with Crippen molar-refractivity contribution in [3.8, 4) is 0 Å². The highest BCUT2D eigenvalue weighted by atomic mass is 16.5. The summed E-state index contributed by atoms with van der Waals surface area (Å²) in [5.41, 5.74) is 2.27. The van der Waals surface area contributed by atoms with Gasteiger partial charge in [0.05, 0.1) is 0 Å². The second kappa shape index (κ2) is 5.83. The molecule has 0 aliphatic carbocycles. The van der Waals surface area contributed by atoms with Gasteiger partial charge < -0.3 is 9.64 Å². The lowest BCUT2D eigenvalue weighted by atomic mass is 9.87. The average molecular weight is 245 g/mol. The first kappa shape index (κ1) is 12.8.